The van der Waals surface area contributed by atoms with Crippen LogP contribution in [0.2, 0.25) is 0 Å². The number of hydrogen-bond donors (Lipinski definition) is 4. The molecular formula is C31H51N5O7S. The molecule has 5 N–H and O–H groups in total. The van der Waals surface area contributed by atoms with Gasteiger partial charge in [0.15, 0.2) is 0 Å². The van der Waals surface area contributed by atoms with Crippen molar-refractivity contribution in [1.82, 2.24) is 20.9 Å². The second kappa shape index (κ2) is 12.2. The highest BCUT2D eigenvalue weighted by molar-refractivity contribution is 7.90. The molecule has 0 spiro atoms. The molecule has 0 aromatic rings. The van der Waals surface area contributed by atoms with E-state index in [2.05, 4.69) is 29.8 Å². The molecule has 13 heteroatoms. The Kier molecular flexibility index (Phi) is 9.51. The SMILES string of the molecule is CC(C)(C)[C@H](NC(=O)NC1(CS(C)(=O)=O)CCCCC1)C(=O)N1C[C@H]2C[C@@H]([C@H]1C(=O)NC(CC1CC1)C(=O)C(N)=O)C2(C)C. The molecule has 0 aromatic heterocycles. The van der Waals surface area contributed by atoms with Gasteiger partial charge in [0, 0.05) is 12.8 Å². The minimum atomic E-state index is -3.39. The lowest BCUT2D eigenvalue weighted by Crippen LogP contribution is -2.73. The summed E-state index contributed by atoms with van der Waals surface area (Å²) in [6, 6.07) is -3.58. The summed E-state index contributed by atoms with van der Waals surface area (Å²) in [5, 5.41) is 8.55. The average Bonchev–Trinajstić information content (AvgIpc) is 3.72. The predicted octanol–water partition coefficient (Wildman–Crippen LogP) is 1.66. The van der Waals surface area contributed by atoms with Crippen LogP contribution in [-0.4, -0.2) is 85.1 Å². The summed E-state index contributed by atoms with van der Waals surface area (Å²) in [6.07, 6.45) is 7.65. The molecule has 248 valence electrons. The molecule has 5 fully saturated rings. The smallest absolute Gasteiger partial charge is 0.315 e. The molecule has 3 aliphatic carbocycles. The second-order valence-electron chi connectivity index (χ2n) is 15.6. The molecule has 2 aliphatic heterocycles. The van der Waals surface area contributed by atoms with Crippen molar-refractivity contribution in [2.75, 3.05) is 18.6 Å². The third-order valence-electron chi connectivity index (χ3n) is 10.5. The number of primary amides is 1. The van der Waals surface area contributed by atoms with Gasteiger partial charge in [-0.3, -0.25) is 19.2 Å². The number of carbonyl (C=O) groups is 5. The van der Waals surface area contributed by atoms with Crippen molar-refractivity contribution in [2.45, 2.75) is 116 Å². The van der Waals surface area contributed by atoms with E-state index >= 15 is 0 Å². The van der Waals surface area contributed by atoms with Gasteiger partial charge in [-0.1, -0.05) is 66.7 Å². The standard InChI is InChI=1S/C31H51N5O7S/c1-29(2,3)24(34-28(41)35-31(17-44(6,42)43)12-8-7-9-13-31)27(40)36-16-19-15-20(30(19,4)5)22(36)26(39)33-21(14-18-10-11-18)23(37)25(32)38/h18-22,24H,7-17H2,1-6H3,(H2,32,38)(H,33,39)(H2,34,35,41)/t19-,20+,21?,22+,24-/m1/s1. The van der Waals surface area contributed by atoms with Gasteiger partial charge in [0.25, 0.3) is 5.91 Å². The first-order chi connectivity index (χ1) is 20.2. The number of piperidine rings is 2. The van der Waals surface area contributed by atoms with Crippen LogP contribution in [0.3, 0.4) is 0 Å². The number of sulfone groups is 1. The van der Waals surface area contributed by atoms with E-state index in [9.17, 15) is 32.4 Å². The van der Waals surface area contributed by atoms with E-state index in [0.717, 1.165) is 44.8 Å². The Morgan fingerprint density at radius 2 is 1.61 bits per heavy atom. The van der Waals surface area contributed by atoms with Crippen LogP contribution < -0.4 is 21.7 Å². The van der Waals surface area contributed by atoms with Gasteiger partial charge in [-0.2, -0.15) is 0 Å². The summed E-state index contributed by atoms with van der Waals surface area (Å²) in [4.78, 5) is 67.7. The molecule has 2 heterocycles. The third-order valence-corrected chi connectivity index (χ3v) is 11.6. The van der Waals surface area contributed by atoms with Crippen molar-refractivity contribution in [1.29, 1.82) is 0 Å². The Morgan fingerprint density at radius 3 is 2.11 bits per heavy atom. The molecule has 44 heavy (non-hydrogen) atoms. The number of nitrogens with zero attached hydrogens (tertiary/aromatic N) is 1. The van der Waals surface area contributed by atoms with E-state index < -0.39 is 68.5 Å². The fourth-order valence-corrected chi connectivity index (χ4v) is 8.99. The fraction of sp³-hybridized carbons (Fsp3) is 0.839. The van der Waals surface area contributed by atoms with Gasteiger partial charge in [-0.05, 0) is 54.3 Å². The first-order valence-corrected chi connectivity index (χ1v) is 18.0. The Bertz CT molecular complexity index is 1280. The van der Waals surface area contributed by atoms with E-state index in [4.69, 9.17) is 5.73 Å². The van der Waals surface area contributed by atoms with Gasteiger partial charge >= 0.3 is 6.03 Å². The zero-order chi connectivity index (χ0) is 32.8. The lowest BCUT2D eigenvalue weighted by atomic mass is 9.49. The van der Waals surface area contributed by atoms with Crippen molar-refractivity contribution in [3.05, 3.63) is 0 Å². The molecule has 0 radical (unpaired) electrons. The first kappa shape index (κ1) is 34.2. The summed E-state index contributed by atoms with van der Waals surface area (Å²) in [7, 11) is -3.39. The zero-order valence-corrected chi connectivity index (χ0v) is 27.8. The van der Waals surface area contributed by atoms with Crippen LogP contribution in [0.25, 0.3) is 0 Å². The van der Waals surface area contributed by atoms with E-state index in [1.54, 1.807) is 0 Å². The predicted molar refractivity (Wildman–Crippen MR) is 165 cm³/mol. The molecule has 1 unspecified atom stereocenters. The maximum Gasteiger partial charge on any atom is 0.315 e. The Hall–Kier alpha value is -2.70. The molecular weight excluding hydrogens is 586 g/mol. The highest BCUT2D eigenvalue weighted by atomic mass is 32.2. The Labute approximate surface area is 261 Å². The number of urea groups is 1. The lowest BCUT2D eigenvalue weighted by Gasteiger charge is -2.63. The normalized spacial score (nSPS) is 27.2. The number of carbonyl (C=O) groups excluding carboxylic acids is 5. The number of rotatable bonds is 11. The Balaban J connectivity index is 1.57. The van der Waals surface area contributed by atoms with Gasteiger partial charge in [0.05, 0.1) is 17.3 Å². The largest absolute Gasteiger partial charge is 0.363 e. The van der Waals surface area contributed by atoms with Gasteiger partial charge < -0.3 is 26.6 Å². The number of hydrogen-bond acceptors (Lipinski definition) is 7. The molecule has 0 aromatic carbocycles. The van der Waals surface area contributed by atoms with Crippen LogP contribution in [0.15, 0.2) is 0 Å². The maximum absolute atomic E-state index is 14.4. The van der Waals surface area contributed by atoms with Gasteiger partial charge in [0.1, 0.15) is 21.9 Å². The van der Waals surface area contributed by atoms with Gasteiger partial charge in [-0.15, -0.1) is 0 Å². The fourth-order valence-electron chi connectivity index (χ4n) is 7.63. The van der Waals surface area contributed by atoms with Crippen LogP contribution in [0.4, 0.5) is 4.79 Å². The van der Waals surface area contributed by atoms with Crippen molar-refractivity contribution in [3.8, 4) is 0 Å². The molecule has 5 aliphatic rings. The molecule has 5 atom stereocenters. The zero-order valence-electron chi connectivity index (χ0n) is 27.0. The van der Waals surface area contributed by atoms with E-state index in [0.29, 0.717) is 25.8 Å². The number of Topliss-reactive ketones (excluding diaryl/α,β-unsaturated/α-hetero) is 1. The average molecular weight is 638 g/mol. The number of amides is 5. The monoisotopic (exact) mass is 637 g/mol. The van der Waals surface area contributed by atoms with Crippen molar-refractivity contribution >= 4 is 39.4 Å². The molecule has 5 amide bonds. The minimum absolute atomic E-state index is 0.157. The lowest BCUT2D eigenvalue weighted by molar-refractivity contribution is -0.179. The Morgan fingerprint density at radius 1 is 1.00 bits per heavy atom. The summed E-state index contributed by atoms with van der Waals surface area (Å²) in [6.45, 7) is 9.92. The van der Waals surface area contributed by atoms with Gasteiger partial charge in [-0.25, -0.2) is 13.2 Å². The van der Waals surface area contributed by atoms with Crippen LogP contribution in [0, 0.1) is 28.6 Å². The summed E-state index contributed by atoms with van der Waals surface area (Å²) in [5.74, 6) is -2.83. The van der Waals surface area contributed by atoms with Gasteiger partial charge in [0.2, 0.25) is 17.6 Å². The number of ketones is 1. The van der Waals surface area contributed by atoms with E-state index in [1.807, 2.05) is 20.8 Å². The molecule has 2 saturated heterocycles. The number of fused-ring (bicyclic) bond motifs is 2. The summed E-state index contributed by atoms with van der Waals surface area (Å²) >= 11 is 0. The minimum Gasteiger partial charge on any atom is -0.363 e. The highest BCUT2D eigenvalue weighted by Gasteiger charge is 2.61. The van der Waals surface area contributed by atoms with Crippen molar-refractivity contribution in [2.24, 2.45) is 34.3 Å². The van der Waals surface area contributed by atoms with Crippen LogP contribution in [0.1, 0.15) is 92.4 Å². The first-order valence-electron chi connectivity index (χ1n) is 15.9. The van der Waals surface area contributed by atoms with Crippen molar-refractivity contribution in [3.63, 3.8) is 0 Å². The molecule has 3 saturated carbocycles. The molecule has 2 bridgehead atoms. The second-order valence-corrected chi connectivity index (χ2v) is 17.7. The number of nitrogens with two attached hydrogens (primary N) is 1. The summed E-state index contributed by atoms with van der Waals surface area (Å²) < 4.78 is 24.5. The van der Waals surface area contributed by atoms with E-state index in [1.165, 1.54) is 4.90 Å². The van der Waals surface area contributed by atoms with Crippen LogP contribution >= 0.6 is 0 Å². The highest BCUT2D eigenvalue weighted by Crippen LogP contribution is 2.57. The summed E-state index contributed by atoms with van der Waals surface area (Å²) in [5.41, 5.74) is 3.42. The molecule has 12 nitrogen and oxygen atoms in total. The molecule has 5 rings (SSSR count). The van der Waals surface area contributed by atoms with E-state index in [-0.39, 0.29) is 28.9 Å². The van der Waals surface area contributed by atoms with Crippen LogP contribution in [-0.2, 0) is 29.0 Å². The third kappa shape index (κ3) is 7.56. The topological polar surface area (TPSA) is 185 Å². The quantitative estimate of drug-likeness (QED) is 0.248. The number of nitrogens with one attached hydrogen (secondary N) is 3. The van der Waals surface area contributed by atoms with Crippen molar-refractivity contribution < 1.29 is 32.4 Å². The van der Waals surface area contributed by atoms with Crippen LogP contribution in [0.5, 0.6) is 0 Å². The maximum atomic E-state index is 14.4.